The fourth-order valence-corrected chi connectivity index (χ4v) is 1.68. The standard InChI is InChI=1S/C7H9NO3S2.Na/c1-11-7-3-2-5(4-6(7)8)13(9,10)12;/h2-4H,8H2,1H3,(H,9,10,12);/q;+1/p-1. The minimum Gasteiger partial charge on any atom is -0.766 e. The predicted molar refractivity (Wildman–Crippen MR) is 52.0 cm³/mol. The van der Waals surface area contributed by atoms with Gasteiger partial charge in [-0.3, -0.25) is 4.21 Å². The summed E-state index contributed by atoms with van der Waals surface area (Å²) in [7, 11) is -2.15. The van der Waals surface area contributed by atoms with Crippen LogP contribution in [0.15, 0.2) is 23.1 Å². The molecule has 0 aliphatic rings. The normalized spacial score (nSPS) is 13.9. The Morgan fingerprint density at radius 3 is 2.50 bits per heavy atom. The third-order valence-corrected chi connectivity index (χ3v) is 2.90. The molecule has 0 aromatic heterocycles. The molecule has 0 aliphatic carbocycles. The van der Waals surface area contributed by atoms with Crippen molar-refractivity contribution in [1.82, 2.24) is 0 Å². The minimum absolute atomic E-state index is 0. The molecule has 0 bridgehead atoms. The number of hydrogen-bond donors (Lipinski definition) is 1. The Balaban J connectivity index is 0.00000169. The molecule has 2 N–H and O–H groups in total. The second kappa shape index (κ2) is 5.29. The molecule has 0 heterocycles. The van der Waals surface area contributed by atoms with Gasteiger partial charge in [0.05, 0.1) is 12.8 Å². The molecule has 1 aromatic carbocycles. The number of hydrogen-bond acceptors (Lipinski definition) is 5. The van der Waals surface area contributed by atoms with Gasteiger partial charge in [-0.2, -0.15) is 0 Å². The topological polar surface area (TPSA) is 75.4 Å². The summed E-state index contributed by atoms with van der Waals surface area (Å²) in [6, 6.07) is 4.10. The average Bonchev–Trinajstić information content (AvgIpc) is 2.02. The van der Waals surface area contributed by atoms with Gasteiger partial charge in [0.25, 0.3) is 0 Å². The molecule has 1 rings (SSSR count). The van der Waals surface area contributed by atoms with Gasteiger partial charge in [-0.1, -0.05) is 0 Å². The van der Waals surface area contributed by atoms with E-state index in [9.17, 15) is 8.76 Å². The molecule has 0 radical (unpaired) electrons. The van der Waals surface area contributed by atoms with Crippen LogP contribution in [0.2, 0.25) is 0 Å². The van der Waals surface area contributed by atoms with Crippen LogP contribution < -0.4 is 40.0 Å². The van der Waals surface area contributed by atoms with Crippen LogP contribution in [0.5, 0.6) is 5.75 Å². The SMILES string of the molecule is COc1ccc(S(=O)([O-])=S)cc1N.[Na+]. The van der Waals surface area contributed by atoms with Gasteiger partial charge < -0.3 is 15.0 Å². The molecule has 72 valence electrons. The van der Waals surface area contributed by atoms with E-state index in [1.807, 2.05) is 0 Å². The summed E-state index contributed by atoms with van der Waals surface area (Å²) in [4.78, 5) is 0.0146. The maximum atomic E-state index is 10.9. The summed E-state index contributed by atoms with van der Waals surface area (Å²) in [5.41, 5.74) is 5.75. The molecule has 0 saturated heterocycles. The molecule has 4 nitrogen and oxygen atoms in total. The van der Waals surface area contributed by atoms with Crippen molar-refractivity contribution in [3.8, 4) is 5.75 Å². The third-order valence-electron chi connectivity index (χ3n) is 1.49. The first-order valence-corrected chi connectivity index (χ1v) is 5.75. The Morgan fingerprint density at radius 2 is 2.14 bits per heavy atom. The van der Waals surface area contributed by atoms with E-state index in [1.54, 1.807) is 0 Å². The average molecular weight is 241 g/mol. The van der Waals surface area contributed by atoms with E-state index in [1.165, 1.54) is 25.3 Å². The molecular formula is C7H8NNaO3S2. The van der Waals surface area contributed by atoms with Crippen molar-refractivity contribution in [1.29, 1.82) is 0 Å². The first-order chi connectivity index (χ1) is 5.95. The Morgan fingerprint density at radius 1 is 1.57 bits per heavy atom. The largest absolute Gasteiger partial charge is 1.00 e. The molecule has 0 spiro atoms. The zero-order valence-corrected chi connectivity index (χ0v) is 11.5. The first kappa shape index (κ1) is 14.2. The number of nitrogens with two attached hydrogens (primary N) is 1. The molecule has 0 fully saturated rings. The molecule has 7 heteroatoms. The number of benzene rings is 1. The van der Waals surface area contributed by atoms with Gasteiger partial charge in [0.2, 0.25) is 0 Å². The minimum atomic E-state index is -3.60. The fraction of sp³-hybridized carbons (Fsp3) is 0.143. The number of rotatable bonds is 2. The molecule has 0 aliphatic heterocycles. The number of anilines is 1. The van der Waals surface area contributed by atoms with E-state index in [4.69, 9.17) is 10.5 Å². The van der Waals surface area contributed by atoms with E-state index in [2.05, 4.69) is 11.2 Å². The van der Waals surface area contributed by atoms with Gasteiger partial charge in [0.1, 0.15) is 5.75 Å². The van der Waals surface area contributed by atoms with Crippen LogP contribution in [-0.4, -0.2) is 15.9 Å². The van der Waals surface area contributed by atoms with Gasteiger partial charge >= 0.3 is 29.6 Å². The van der Waals surface area contributed by atoms with Crippen molar-refractivity contribution in [3.05, 3.63) is 18.2 Å². The first-order valence-electron chi connectivity index (χ1n) is 3.34. The maximum absolute atomic E-state index is 10.9. The van der Waals surface area contributed by atoms with E-state index < -0.39 is 8.77 Å². The van der Waals surface area contributed by atoms with Crippen LogP contribution in [0.4, 0.5) is 5.69 Å². The molecule has 1 aromatic rings. The predicted octanol–water partition coefficient (Wildman–Crippen LogP) is -2.48. The van der Waals surface area contributed by atoms with Crippen molar-refractivity contribution < 1.29 is 43.1 Å². The quantitative estimate of drug-likeness (QED) is 0.458. The Kier molecular flexibility index (Phi) is 5.35. The van der Waals surface area contributed by atoms with Gasteiger partial charge in [-0.05, 0) is 38.2 Å². The van der Waals surface area contributed by atoms with Crippen molar-refractivity contribution in [2.24, 2.45) is 0 Å². The summed E-state index contributed by atoms with van der Waals surface area (Å²) in [5.74, 6) is 0.433. The molecule has 14 heavy (non-hydrogen) atoms. The Hall–Kier alpha value is 0.150. The third kappa shape index (κ3) is 3.38. The molecule has 0 amide bonds. The number of nitrogen functional groups attached to an aromatic ring is 1. The van der Waals surface area contributed by atoms with E-state index in [0.717, 1.165) is 0 Å². The molecular weight excluding hydrogens is 233 g/mol. The smallest absolute Gasteiger partial charge is 0.766 e. The van der Waals surface area contributed by atoms with Gasteiger partial charge in [0.15, 0.2) is 0 Å². The van der Waals surface area contributed by atoms with Crippen LogP contribution in [0.25, 0.3) is 0 Å². The fourth-order valence-electron chi connectivity index (χ4n) is 0.868. The summed E-state index contributed by atoms with van der Waals surface area (Å²) >= 11 is 4.27. The van der Waals surface area contributed by atoms with Gasteiger partial charge in [-0.15, -0.1) is 0 Å². The number of ether oxygens (including phenoxy) is 1. The van der Waals surface area contributed by atoms with Gasteiger partial charge in [-0.25, -0.2) is 0 Å². The zero-order chi connectivity index (χ0) is 10.1. The van der Waals surface area contributed by atoms with E-state index in [-0.39, 0.29) is 40.1 Å². The van der Waals surface area contributed by atoms with Gasteiger partial charge in [0, 0.05) is 4.90 Å². The summed E-state index contributed by atoms with van der Waals surface area (Å²) < 4.78 is 26.7. The zero-order valence-electron chi connectivity index (χ0n) is 7.85. The van der Waals surface area contributed by atoms with Crippen molar-refractivity contribution in [2.75, 3.05) is 12.8 Å². The van der Waals surface area contributed by atoms with Crippen molar-refractivity contribution >= 4 is 25.6 Å². The van der Waals surface area contributed by atoms with Crippen LogP contribution in [0.3, 0.4) is 0 Å². The van der Waals surface area contributed by atoms with Crippen LogP contribution in [-0.2, 0) is 20.0 Å². The van der Waals surface area contributed by atoms with E-state index in [0.29, 0.717) is 5.75 Å². The molecule has 0 saturated carbocycles. The van der Waals surface area contributed by atoms with Crippen LogP contribution >= 0.6 is 0 Å². The second-order valence-corrected chi connectivity index (χ2v) is 5.05. The van der Waals surface area contributed by atoms with Crippen LogP contribution in [0, 0.1) is 0 Å². The number of methoxy groups -OCH3 is 1. The molecule has 1 unspecified atom stereocenters. The summed E-state index contributed by atoms with van der Waals surface area (Å²) in [6.45, 7) is 0. The monoisotopic (exact) mass is 241 g/mol. The van der Waals surface area contributed by atoms with E-state index >= 15 is 0 Å². The second-order valence-electron chi connectivity index (χ2n) is 2.36. The Bertz CT molecular complexity index is 419. The Labute approximate surface area is 110 Å². The van der Waals surface area contributed by atoms with Crippen molar-refractivity contribution in [3.63, 3.8) is 0 Å². The summed E-state index contributed by atoms with van der Waals surface area (Å²) in [6.07, 6.45) is 0. The summed E-state index contributed by atoms with van der Waals surface area (Å²) in [5, 5.41) is 0. The molecule has 1 atom stereocenters. The van der Waals surface area contributed by atoms with Crippen molar-refractivity contribution in [2.45, 2.75) is 4.90 Å². The maximum Gasteiger partial charge on any atom is 1.00 e. The van der Waals surface area contributed by atoms with Crippen LogP contribution in [0.1, 0.15) is 0 Å².